The van der Waals surface area contributed by atoms with Gasteiger partial charge in [0.2, 0.25) is 0 Å². The molecule has 0 radical (unpaired) electrons. The summed E-state index contributed by atoms with van der Waals surface area (Å²) in [6.07, 6.45) is 4.00. The molecule has 236 valence electrons. The SMILES string of the molecule is C=CC(=O)OC(=C)c1ccc(N(c2ccc(C=NN(c3ccccc3)c3ccccc3)cc2)c2ccc(C(=C)OC(=O)C=C)cc2)cc1. The maximum atomic E-state index is 11.7. The molecule has 5 aromatic carbocycles. The lowest BCUT2D eigenvalue weighted by Crippen LogP contribution is -2.11. The van der Waals surface area contributed by atoms with E-state index in [4.69, 9.17) is 14.6 Å². The van der Waals surface area contributed by atoms with Crippen molar-refractivity contribution >= 4 is 58.1 Å². The van der Waals surface area contributed by atoms with Crippen molar-refractivity contribution in [1.29, 1.82) is 0 Å². The molecule has 0 aliphatic rings. The fourth-order valence-electron chi connectivity index (χ4n) is 4.74. The summed E-state index contributed by atoms with van der Waals surface area (Å²) in [5.74, 6) is -0.715. The number of hydrazone groups is 1. The van der Waals surface area contributed by atoms with E-state index in [2.05, 4.69) is 31.2 Å². The molecule has 5 rings (SSSR count). The van der Waals surface area contributed by atoms with E-state index in [1.54, 1.807) is 0 Å². The second-order valence-electron chi connectivity index (χ2n) is 10.3. The molecule has 0 aliphatic carbocycles. The van der Waals surface area contributed by atoms with Crippen LogP contribution in [-0.4, -0.2) is 18.2 Å². The number of rotatable bonds is 13. The quantitative estimate of drug-likeness (QED) is 0.0424. The smallest absolute Gasteiger partial charge is 0.335 e. The Balaban J connectivity index is 1.46. The van der Waals surface area contributed by atoms with Crippen molar-refractivity contribution in [3.05, 3.63) is 189 Å². The van der Waals surface area contributed by atoms with Crippen molar-refractivity contribution in [2.24, 2.45) is 5.10 Å². The average Bonchev–Trinajstić information content (AvgIpc) is 3.13. The molecular formula is C41H33N3O4. The van der Waals surface area contributed by atoms with Gasteiger partial charge in [-0.05, 0) is 90.5 Å². The molecule has 0 amide bonds. The zero-order valence-electron chi connectivity index (χ0n) is 26.2. The van der Waals surface area contributed by atoms with Crippen LogP contribution in [0.25, 0.3) is 11.5 Å². The van der Waals surface area contributed by atoms with Gasteiger partial charge in [-0.25, -0.2) is 14.6 Å². The summed E-state index contributed by atoms with van der Waals surface area (Å²) in [6, 6.07) is 42.9. The molecule has 7 heteroatoms. The van der Waals surface area contributed by atoms with Gasteiger partial charge in [0.05, 0.1) is 17.6 Å². The summed E-state index contributed by atoms with van der Waals surface area (Å²) in [4.78, 5) is 25.4. The number of para-hydroxylation sites is 2. The number of carbonyl (C=O) groups is 2. The molecule has 0 bridgehead atoms. The Hall–Kier alpha value is -6.73. The van der Waals surface area contributed by atoms with E-state index < -0.39 is 11.9 Å². The van der Waals surface area contributed by atoms with Crippen molar-refractivity contribution in [1.82, 2.24) is 0 Å². The number of ether oxygens (including phenoxy) is 2. The number of nitrogens with zero attached hydrogens (tertiary/aromatic N) is 3. The highest BCUT2D eigenvalue weighted by Gasteiger charge is 2.15. The Labute approximate surface area is 280 Å². The number of esters is 2. The lowest BCUT2D eigenvalue weighted by atomic mass is 10.1. The standard InChI is InChI=1S/C41H33N3O4/c1-5-40(45)47-30(3)33-19-25-36(26-20-33)43(37-27-21-34(22-28-37)31(4)48-41(46)6-2)35-23-17-32(18-24-35)29-42-44(38-13-9-7-10-14-38)39-15-11-8-12-16-39/h5-29H,1-4H2. The lowest BCUT2D eigenvalue weighted by Gasteiger charge is -2.26. The van der Waals surface area contributed by atoms with E-state index in [1.165, 1.54) is 0 Å². The van der Waals surface area contributed by atoms with Crippen LogP contribution in [0, 0.1) is 0 Å². The van der Waals surface area contributed by atoms with Crippen LogP contribution in [0.15, 0.2) is 177 Å². The summed E-state index contributed by atoms with van der Waals surface area (Å²) >= 11 is 0. The van der Waals surface area contributed by atoms with E-state index >= 15 is 0 Å². The van der Waals surface area contributed by atoms with Gasteiger partial charge in [-0.3, -0.25) is 0 Å². The summed E-state index contributed by atoms with van der Waals surface area (Å²) in [7, 11) is 0. The van der Waals surface area contributed by atoms with Crippen molar-refractivity contribution in [2.75, 3.05) is 9.91 Å². The predicted octanol–water partition coefficient (Wildman–Crippen LogP) is 9.73. The van der Waals surface area contributed by atoms with Gasteiger partial charge >= 0.3 is 11.9 Å². The minimum Gasteiger partial charge on any atom is -0.423 e. The average molecular weight is 632 g/mol. The normalized spacial score (nSPS) is 10.5. The molecule has 7 nitrogen and oxygen atoms in total. The van der Waals surface area contributed by atoms with Crippen molar-refractivity contribution in [2.45, 2.75) is 0 Å². The molecule has 0 atom stereocenters. The molecule has 0 heterocycles. The zero-order chi connectivity index (χ0) is 33.9. The third-order valence-electron chi connectivity index (χ3n) is 7.15. The Morgan fingerprint density at radius 1 is 0.521 bits per heavy atom. The Kier molecular flexibility index (Phi) is 10.6. The molecule has 0 aromatic heterocycles. The molecule has 0 aliphatic heterocycles. The monoisotopic (exact) mass is 631 g/mol. The third-order valence-corrected chi connectivity index (χ3v) is 7.15. The molecule has 5 aromatic rings. The topological polar surface area (TPSA) is 71.4 Å². The van der Waals surface area contributed by atoms with E-state index in [-0.39, 0.29) is 11.5 Å². The van der Waals surface area contributed by atoms with Crippen molar-refractivity contribution in [3.63, 3.8) is 0 Å². The summed E-state index contributed by atoms with van der Waals surface area (Å²) in [5, 5.41) is 6.72. The molecule has 0 N–H and O–H groups in total. The molecule has 0 fully saturated rings. The molecule has 0 unspecified atom stereocenters. The summed E-state index contributed by atoms with van der Waals surface area (Å²) < 4.78 is 10.4. The Bertz CT molecular complexity index is 1830. The predicted molar refractivity (Wildman–Crippen MR) is 194 cm³/mol. The number of hydrogen-bond donors (Lipinski definition) is 0. The highest BCUT2D eigenvalue weighted by atomic mass is 16.5. The van der Waals surface area contributed by atoms with Crippen LogP contribution in [0.1, 0.15) is 16.7 Å². The number of carbonyl (C=O) groups excluding carboxylic acids is 2. The van der Waals surface area contributed by atoms with Crippen LogP contribution in [0.2, 0.25) is 0 Å². The maximum Gasteiger partial charge on any atom is 0.335 e. The largest absolute Gasteiger partial charge is 0.423 e. The van der Waals surface area contributed by atoms with Gasteiger partial charge in [0.15, 0.2) is 0 Å². The molecule has 0 spiro atoms. The van der Waals surface area contributed by atoms with Gasteiger partial charge in [-0.1, -0.05) is 74.8 Å². The Morgan fingerprint density at radius 3 is 1.27 bits per heavy atom. The lowest BCUT2D eigenvalue weighted by molar-refractivity contribution is -0.132. The fraction of sp³-hybridized carbons (Fsp3) is 0. The van der Waals surface area contributed by atoms with Gasteiger partial charge in [-0.2, -0.15) is 5.10 Å². The number of hydrogen-bond acceptors (Lipinski definition) is 7. The van der Waals surface area contributed by atoms with Crippen LogP contribution < -0.4 is 9.91 Å². The van der Waals surface area contributed by atoms with Crippen LogP contribution in [0.3, 0.4) is 0 Å². The van der Waals surface area contributed by atoms with Crippen LogP contribution in [0.5, 0.6) is 0 Å². The van der Waals surface area contributed by atoms with E-state index in [0.717, 1.165) is 46.2 Å². The molecule has 48 heavy (non-hydrogen) atoms. The van der Waals surface area contributed by atoms with Crippen molar-refractivity contribution < 1.29 is 19.1 Å². The fourth-order valence-corrected chi connectivity index (χ4v) is 4.74. The van der Waals surface area contributed by atoms with Gasteiger partial charge < -0.3 is 14.4 Å². The van der Waals surface area contributed by atoms with E-state index in [9.17, 15) is 9.59 Å². The summed E-state index contributed by atoms with van der Waals surface area (Å²) in [5.41, 5.74) is 6.65. The second kappa shape index (κ2) is 15.5. The zero-order valence-corrected chi connectivity index (χ0v) is 26.2. The Morgan fingerprint density at radius 2 is 0.896 bits per heavy atom. The first-order valence-electron chi connectivity index (χ1n) is 15.0. The van der Waals surface area contributed by atoms with Crippen molar-refractivity contribution in [3.8, 4) is 0 Å². The first-order chi connectivity index (χ1) is 23.4. The van der Waals surface area contributed by atoms with Gasteiger partial charge in [-0.15, -0.1) is 0 Å². The van der Waals surface area contributed by atoms with E-state index in [0.29, 0.717) is 11.1 Å². The van der Waals surface area contributed by atoms with Crippen LogP contribution >= 0.6 is 0 Å². The minimum absolute atomic E-state index is 0.221. The molecule has 0 saturated heterocycles. The van der Waals surface area contributed by atoms with Crippen LogP contribution in [0.4, 0.5) is 28.4 Å². The third kappa shape index (κ3) is 8.10. The highest BCUT2D eigenvalue weighted by Crippen LogP contribution is 2.36. The maximum absolute atomic E-state index is 11.7. The van der Waals surface area contributed by atoms with Gasteiger partial charge in [0.1, 0.15) is 11.5 Å². The van der Waals surface area contributed by atoms with Gasteiger partial charge in [0, 0.05) is 40.3 Å². The number of anilines is 5. The summed E-state index contributed by atoms with van der Waals surface area (Å²) in [6.45, 7) is 14.6. The van der Waals surface area contributed by atoms with E-state index in [1.807, 2.05) is 145 Å². The molecular weight excluding hydrogens is 598 g/mol. The second-order valence-corrected chi connectivity index (χ2v) is 10.3. The minimum atomic E-state index is -0.578. The molecule has 0 saturated carbocycles. The first-order valence-corrected chi connectivity index (χ1v) is 15.0. The highest BCUT2D eigenvalue weighted by molar-refractivity contribution is 5.88. The van der Waals surface area contributed by atoms with Gasteiger partial charge in [0.25, 0.3) is 0 Å². The van der Waals surface area contributed by atoms with Crippen LogP contribution in [-0.2, 0) is 19.1 Å². The first kappa shape index (κ1) is 32.7. The number of benzene rings is 5.